The van der Waals surface area contributed by atoms with Gasteiger partial charge in [0, 0.05) is 17.1 Å². The number of amides is 1. The van der Waals surface area contributed by atoms with Gasteiger partial charge in [0.25, 0.3) is 0 Å². The molecule has 4 rings (SSSR count). The van der Waals surface area contributed by atoms with Crippen LogP contribution in [0.1, 0.15) is 33.6 Å². The number of aromatic nitrogens is 2. The van der Waals surface area contributed by atoms with E-state index < -0.39 is 11.7 Å². The Bertz CT molecular complexity index is 1170. The second-order valence-corrected chi connectivity index (χ2v) is 9.47. The first-order chi connectivity index (χ1) is 16.9. The van der Waals surface area contributed by atoms with Gasteiger partial charge in [-0.3, -0.25) is 4.90 Å². The predicted octanol–water partition coefficient (Wildman–Crippen LogP) is 5.79. The minimum Gasteiger partial charge on any atom is -0.443 e. The summed E-state index contributed by atoms with van der Waals surface area (Å²) in [6.07, 6.45) is 5.62. The summed E-state index contributed by atoms with van der Waals surface area (Å²) < 4.78 is 16.9. The lowest BCUT2D eigenvalue weighted by molar-refractivity contribution is 0.0453. The average molecular weight is 476 g/mol. The van der Waals surface area contributed by atoms with Crippen LogP contribution in [-0.4, -0.2) is 54.6 Å². The topological polar surface area (TPSA) is 73.8 Å². The molecule has 2 aromatic heterocycles. The van der Waals surface area contributed by atoms with Gasteiger partial charge in [-0.05, 0) is 57.9 Å². The van der Waals surface area contributed by atoms with Crippen molar-refractivity contribution in [3.8, 4) is 11.3 Å². The van der Waals surface area contributed by atoms with Gasteiger partial charge in [-0.25, -0.2) is 14.8 Å². The summed E-state index contributed by atoms with van der Waals surface area (Å²) in [5.74, 6) is 0.501. The molecule has 0 bridgehead atoms. The number of ether oxygens (including phenoxy) is 3. The summed E-state index contributed by atoms with van der Waals surface area (Å²) >= 11 is 0. The molecule has 7 heteroatoms. The molecule has 0 N–H and O–H groups in total. The van der Waals surface area contributed by atoms with Crippen molar-refractivity contribution >= 4 is 22.8 Å². The van der Waals surface area contributed by atoms with E-state index in [0.717, 1.165) is 41.6 Å². The first-order valence-corrected chi connectivity index (χ1v) is 12.1. The number of carbonyl (C=O) groups excluding carboxylic acids is 1. The van der Waals surface area contributed by atoms with Gasteiger partial charge in [-0.1, -0.05) is 35.9 Å². The zero-order chi connectivity index (χ0) is 24.7. The third-order valence-corrected chi connectivity index (χ3v) is 5.42. The third-order valence-electron chi connectivity index (χ3n) is 5.42. The van der Waals surface area contributed by atoms with Crippen LogP contribution in [0.15, 0.2) is 66.4 Å². The highest BCUT2D eigenvalue weighted by Gasteiger charge is 2.24. The van der Waals surface area contributed by atoms with Crippen molar-refractivity contribution in [2.45, 2.75) is 39.2 Å². The lowest BCUT2D eigenvalue weighted by atomic mass is 10.1. The molecule has 2 heterocycles. The Morgan fingerprint density at radius 2 is 1.74 bits per heavy atom. The van der Waals surface area contributed by atoms with Gasteiger partial charge < -0.3 is 14.2 Å². The van der Waals surface area contributed by atoms with Crippen molar-refractivity contribution in [2.75, 3.05) is 37.9 Å². The molecule has 0 fully saturated rings. The van der Waals surface area contributed by atoms with E-state index in [0.29, 0.717) is 32.2 Å². The molecule has 0 saturated heterocycles. The number of allylic oxidation sites excluding steroid dienone is 1. The number of para-hydroxylation sites is 1. The molecule has 1 aliphatic carbocycles. The fourth-order valence-electron chi connectivity index (χ4n) is 3.50. The monoisotopic (exact) mass is 475 g/mol. The molecule has 0 atom stereocenters. The average Bonchev–Trinajstić information content (AvgIpc) is 3.66. The van der Waals surface area contributed by atoms with Crippen LogP contribution in [0.5, 0.6) is 0 Å². The maximum absolute atomic E-state index is 12.9. The fraction of sp³-hybridized carbons (Fsp3) is 0.393. The maximum atomic E-state index is 12.9. The number of nitrogens with zero attached hydrogens (tertiary/aromatic N) is 3. The summed E-state index contributed by atoms with van der Waals surface area (Å²) in [6, 6.07) is 15.7. The van der Waals surface area contributed by atoms with Gasteiger partial charge in [0.2, 0.25) is 0 Å². The van der Waals surface area contributed by atoms with Crippen LogP contribution < -0.4 is 4.90 Å². The van der Waals surface area contributed by atoms with Crippen molar-refractivity contribution in [3.63, 3.8) is 0 Å². The van der Waals surface area contributed by atoms with E-state index in [9.17, 15) is 4.79 Å². The highest BCUT2D eigenvalue weighted by molar-refractivity contribution is 5.87. The van der Waals surface area contributed by atoms with Gasteiger partial charge in [0.05, 0.1) is 44.2 Å². The summed E-state index contributed by atoms with van der Waals surface area (Å²) in [7, 11) is 0. The van der Waals surface area contributed by atoms with Gasteiger partial charge in [-0.2, -0.15) is 0 Å². The number of hydrogen-bond donors (Lipinski definition) is 0. The standard InChI is InChI=1S/C28H33N3O4/c1-28(2,3)35-27(32)31(15-17-34-19-18-33-16-14-21-8-9-21)26-13-11-23(20-29-26)25-12-10-22-6-4-5-7-24(22)30-25/h4-8,10-13,20H,9,14-19H2,1-3H3. The van der Waals surface area contributed by atoms with E-state index >= 15 is 0 Å². The van der Waals surface area contributed by atoms with Crippen molar-refractivity contribution in [3.05, 3.63) is 66.4 Å². The zero-order valence-electron chi connectivity index (χ0n) is 20.7. The number of hydrogen-bond acceptors (Lipinski definition) is 6. The minimum absolute atomic E-state index is 0.322. The minimum atomic E-state index is -0.615. The first-order valence-electron chi connectivity index (χ1n) is 12.1. The molecule has 184 valence electrons. The lowest BCUT2D eigenvalue weighted by Gasteiger charge is -2.26. The van der Waals surface area contributed by atoms with Gasteiger partial charge in [0.1, 0.15) is 11.4 Å². The van der Waals surface area contributed by atoms with E-state index in [2.05, 4.69) is 11.1 Å². The summed E-state index contributed by atoms with van der Waals surface area (Å²) in [5, 5.41) is 1.09. The van der Waals surface area contributed by atoms with Crippen molar-refractivity contribution < 1.29 is 19.0 Å². The van der Waals surface area contributed by atoms with Crippen LogP contribution in [0.2, 0.25) is 0 Å². The number of anilines is 1. The highest BCUT2D eigenvalue weighted by Crippen LogP contribution is 2.23. The Kier molecular flexibility index (Phi) is 8.10. The Balaban J connectivity index is 1.37. The van der Waals surface area contributed by atoms with Crippen LogP contribution >= 0.6 is 0 Å². The molecule has 1 amide bonds. The lowest BCUT2D eigenvalue weighted by Crippen LogP contribution is -2.39. The molecule has 0 spiro atoms. The quantitative estimate of drug-likeness (QED) is 0.258. The highest BCUT2D eigenvalue weighted by atomic mass is 16.6. The Labute approximate surface area is 206 Å². The molecular formula is C28H33N3O4. The fourth-order valence-corrected chi connectivity index (χ4v) is 3.50. The van der Waals surface area contributed by atoms with Crippen molar-refractivity contribution in [2.24, 2.45) is 0 Å². The molecule has 0 radical (unpaired) electrons. The molecule has 0 unspecified atom stereocenters. The van der Waals surface area contributed by atoms with Gasteiger partial charge >= 0.3 is 6.09 Å². The molecule has 1 aromatic carbocycles. The predicted molar refractivity (Wildman–Crippen MR) is 138 cm³/mol. The molecule has 35 heavy (non-hydrogen) atoms. The van der Waals surface area contributed by atoms with E-state index in [1.54, 1.807) is 6.20 Å². The number of fused-ring (bicyclic) bond motifs is 1. The van der Waals surface area contributed by atoms with Crippen LogP contribution in [-0.2, 0) is 14.2 Å². The van der Waals surface area contributed by atoms with Gasteiger partial charge in [-0.15, -0.1) is 0 Å². The third kappa shape index (κ3) is 7.60. The Morgan fingerprint density at radius 1 is 0.971 bits per heavy atom. The second kappa shape index (κ2) is 11.4. The second-order valence-electron chi connectivity index (χ2n) is 9.47. The van der Waals surface area contributed by atoms with Gasteiger partial charge in [0.15, 0.2) is 0 Å². The van der Waals surface area contributed by atoms with Crippen molar-refractivity contribution in [1.29, 1.82) is 0 Å². The smallest absolute Gasteiger partial charge is 0.416 e. The summed E-state index contributed by atoms with van der Waals surface area (Å²) in [5.41, 5.74) is 3.48. The van der Waals surface area contributed by atoms with Crippen LogP contribution in [0.3, 0.4) is 0 Å². The van der Waals surface area contributed by atoms with E-state index in [4.69, 9.17) is 19.2 Å². The van der Waals surface area contributed by atoms with E-state index in [1.807, 2.05) is 69.3 Å². The Hall–Kier alpha value is -3.29. The molecule has 1 aliphatic rings. The zero-order valence-corrected chi connectivity index (χ0v) is 20.7. The van der Waals surface area contributed by atoms with Crippen LogP contribution in [0.25, 0.3) is 22.2 Å². The number of pyridine rings is 2. The largest absolute Gasteiger partial charge is 0.443 e. The first kappa shape index (κ1) is 24.8. The number of carbonyl (C=O) groups is 1. The number of rotatable bonds is 11. The Morgan fingerprint density at radius 3 is 2.46 bits per heavy atom. The molecule has 0 saturated carbocycles. The van der Waals surface area contributed by atoms with Crippen LogP contribution in [0.4, 0.5) is 10.6 Å². The number of benzene rings is 1. The van der Waals surface area contributed by atoms with E-state index in [-0.39, 0.29) is 0 Å². The van der Waals surface area contributed by atoms with E-state index in [1.165, 1.54) is 10.5 Å². The van der Waals surface area contributed by atoms with Crippen molar-refractivity contribution in [1.82, 2.24) is 9.97 Å². The summed E-state index contributed by atoms with van der Waals surface area (Å²) in [6.45, 7) is 7.93. The van der Waals surface area contributed by atoms with Crippen LogP contribution in [0, 0.1) is 0 Å². The molecular weight excluding hydrogens is 442 g/mol. The molecule has 3 aromatic rings. The molecule has 7 nitrogen and oxygen atoms in total. The summed E-state index contributed by atoms with van der Waals surface area (Å²) in [4.78, 5) is 23.7. The molecule has 0 aliphatic heterocycles. The maximum Gasteiger partial charge on any atom is 0.416 e. The SMILES string of the molecule is CC(C)(C)OC(=O)N(CCOCCOCCC1=CC1)c1ccc(-c2ccc3ccccc3n2)cn1. The normalized spacial score (nSPS) is 12.9.